The van der Waals surface area contributed by atoms with Crippen molar-refractivity contribution in [1.82, 2.24) is 28.4 Å². The van der Waals surface area contributed by atoms with Crippen molar-refractivity contribution in [3.63, 3.8) is 0 Å². The zero-order chi connectivity index (χ0) is 59.7. The summed E-state index contributed by atoms with van der Waals surface area (Å²) in [4.78, 5) is 46.2. The van der Waals surface area contributed by atoms with Crippen molar-refractivity contribution in [3.05, 3.63) is 158 Å². The molecule has 0 amide bonds. The van der Waals surface area contributed by atoms with E-state index in [4.69, 9.17) is 20.5 Å². The van der Waals surface area contributed by atoms with Crippen molar-refractivity contribution in [2.75, 3.05) is 32.8 Å². The summed E-state index contributed by atoms with van der Waals surface area (Å²) in [5, 5.41) is 47.2. The molecular formula is C68H73F2N9O6. The van der Waals surface area contributed by atoms with E-state index in [0.29, 0.717) is 83.5 Å². The third kappa shape index (κ3) is 10.5. The number of aromatic nitrogens is 3. The Morgan fingerprint density at radius 1 is 0.529 bits per heavy atom. The molecule has 7 saturated heterocycles. The van der Waals surface area contributed by atoms with Gasteiger partial charge < -0.3 is 28.7 Å². The quantitative estimate of drug-likeness (QED) is 0.104. The number of aliphatic hydroxyl groups excluding tert-OH is 2. The van der Waals surface area contributed by atoms with Gasteiger partial charge in [0.05, 0.1) is 79.6 Å². The molecule has 6 aromatic rings. The number of ether oxygens (including phenoxy) is 1. The predicted molar refractivity (Wildman–Crippen MR) is 314 cm³/mol. The van der Waals surface area contributed by atoms with Crippen LogP contribution in [0.5, 0.6) is 0 Å². The second kappa shape index (κ2) is 23.5. The van der Waals surface area contributed by atoms with Crippen molar-refractivity contribution in [1.29, 1.82) is 15.8 Å². The van der Waals surface area contributed by atoms with Crippen LogP contribution in [0.3, 0.4) is 0 Å². The SMILES string of the molecule is Cc1c(C(=O)CN2C3CCC2[C@@H](O)C3)cc(C2CCC2)n1-c1ccc(C#N)cc1.Cc1cc(C(=O)CN2C3CCC2[C@@H](O)C3)c(C)n1-c1cc(F)c(C#N)cc1F.Cc1cc(C(=O)CN2C3CCC2[C@@H]2COC[C@H]32)c(C)n1-c1ccc(C#N)cc1. The van der Waals surface area contributed by atoms with Gasteiger partial charge in [0, 0.05) is 116 Å². The smallest absolute Gasteiger partial charge is 0.178 e. The summed E-state index contributed by atoms with van der Waals surface area (Å²) in [6.45, 7) is 12.3. The van der Waals surface area contributed by atoms with E-state index < -0.39 is 11.6 Å². The number of fused-ring (bicyclic) bond motifs is 9. The number of ketones is 3. The Morgan fingerprint density at radius 3 is 1.42 bits per heavy atom. The summed E-state index contributed by atoms with van der Waals surface area (Å²) in [6.07, 6.45) is 10.8. The first-order chi connectivity index (χ1) is 41.0. The van der Waals surface area contributed by atoms with E-state index >= 15 is 0 Å². The lowest BCUT2D eigenvalue weighted by Crippen LogP contribution is -2.37. The molecule has 0 spiro atoms. The Kier molecular flexibility index (Phi) is 16.0. The van der Waals surface area contributed by atoms with E-state index in [1.165, 1.54) is 29.5 Å². The molecule has 10 atom stereocenters. The van der Waals surface area contributed by atoms with Crippen LogP contribution in [0.4, 0.5) is 8.78 Å². The molecular weight excluding hydrogens is 1080 g/mol. The summed E-state index contributed by atoms with van der Waals surface area (Å²) in [7, 11) is 0. The van der Waals surface area contributed by atoms with Gasteiger partial charge in [-0.3, -0.25) is 29.1 Å². The third-order valence-electron chi connectivity index (χ3n) is 20.5. The Hall–Kier alpha value is -7.40. The predicted octanol–water partition coefficient (Wildman–Crippen LogP) is 9.99. The molecule has 8 fully saturated rings. The molecule has 15 nitrogen and oxygen atoms in total. The third-order valence-corrected chi connectivity index (χ3v) is 20.5. The highest BCUT2D eigenvalue weighted by Crippen LogP contribution is 2.49. The first-order valence-corrected chi connectivity index (χ1v) is 30.3. The van der Waals surface area contributed by atoms with Crippen LogP contribution in [0.25, 0.3) is 17.1 Å². The molecule has 14 rings (SSSR count). The fourth-order valence-corrected chi connectivity index (χ4v) is 16.1. The Bertz CT molecular complexity index is 3710. The van der Waals surface area contributed by atoms with Gasteiger partial charge in [-0.15, -0.1) is 0 Å². The van der Waals surface area contributed by atoms with E-state index in [2.05, 4.69) is 42.0 Å². The molecule has 1 aliphatic carbocycles. The van der Waals surface area contributed by atoms with Gasteiger partial charge in [-0.1, -0.05) is 6.42 Å². The number of nitriles is 3. The minimum absolute atomic E-state index is 0.0257. The Morgan fingerprint density at radius 2 is 0.976 bits per heavy atom. The molecule has 6 bridgehead atoms. The highest BCUT2D eigenvalue weighted by Gasteiger charge is 2.55. The maximum Gasteiger partial charge on any atom is 0.178 e. The summed E-state index contributed by atoms with van der Waals surface area (Å²) in [6, 6.07) is 30.5. The van der Waals surface area contributed by atoms with Gasteiger partial charge in [0.2, 0.25) is 0 Å². The number of halogens is 2. The van der Waals surface area contributed by atoms with Crippen LogP contribution in [0.15, 0.2) is 78.9 Å². The normalized spacial score (nSPS) is 26.3. The van der Waals surface area contributed by atoms with Crippen LogP contribution in [-0.2, 0) is 4.74 Å². The zero-order valence-electron chi connectivity index (χ0n) is 49.0. The number of aryl methyl sites for hydroxylation is 2. The first-order valence-electron chi connectivity index (χ1n) is 30.3. The molecule has 3 aromatic heterocycles. The maximum absolute atomic E-state index is 14.5. The van der Waals surface area contributed by atoms with Gasteiger partial charge in [0.25, 0.3) is 0 Å². The fourth-order valence-electron chi connectivity index (χ4n) is 16.1. The summed E-state index contributed by atoms with van der Waals surface area (Å²) in [5.74, 6) is 0.486. The van der Waals surface area contributed by atoms with E-state index in [1.807, 2.05) is 75.4 Å². The molecule has 1 saturated carbocycles. The van der Waals surface area contributed by atoms with Crippen molar-refractivity contribution < 1.29 is 38.1 Å². The lowest BCUT2D eigenvalue weighted by atomic mass is 9.82. The number of Topliss-reactive ketones (excluding diaryl/α,β-unsaturated/α-hetero) is 3. The number of aliphatic hydroxyl groups is 2. The van der Waals surface area contributed by atoms with Crippen LogP contribution < -0.4 is 0 Å². The minimum atomic E-state index is -0.804. The summed E-state index contributed by atoms with van der Waals surface area (Å²) >= 11 is 0. The number of carbonyl (C=O) groups is 3. The van der Waals surface area contributed by atoms with Gasteiger partial charge in [-0.2, -0.15) is 15.8 Å². The number of rotatable bonds is 13. The summed E-state index contributed by atoms with van der Waals surface area (Å²) in [5.41, 5.74) is 10.3. The van der Waals surface area contributed by atoms with Gasteiger partial charge in [-0.25, -0.2) is 8.78 Å². The molecule has 440 valence electrons. The number of hydrogen-bond acceptors (Lipinski definition) is 12. The topological polar surface area (TPSA) is 197 Å². The van der Waals surface area contributed by atoms with Crippen LogP contribution in [0, 0.1) is 92.1 Å². The summed E-state index contributed by atoms with van der Waals surface area (Å²) < 4.78 is 40.1. The highest BCUT2D eigenvalue weighted by molar-refractivity contribution is 6.00. The van der Waals surface area contributed by atoms with Gasteiger partial charge in [0.15, 0.2) is 17.3 Å². The molecule has 10 heterocycles. The molecule has 6 unspecified atom stereocenters. The van der Waals surface area contributed by atoms with E-state index in [1.54, 1.807) is 26.0 Å². The van der Waals surface area contributed by atoms with Crippen molar-refractivity contribution in [2.24, 2.45) is 11.8 Å². The van der Waals surface area contributed by atoms with Crippen LogP contribution >= 0.6 is 0 Å². The zero-order valence-corrected chi connectivity index (χ0v) is 49.0. The number of nitrogens with zero attached hydrogens (tertiary/aromatic N) is 9. The van der Waals surface area contributed by atoms with Crippen LogP contribution in [0.2, 0.25) is 0 Å². The van der Waals surface area contributed by atoms with Crippen molar-refractivity contribution in [3.8, 4) is 35.3 Å². The monoisotopic (exact) mass is 1150 g/mol. The highest BCUT2D eigenvalue weighted by atomic mass is 19.1. The lowest BCUT2D eigenvalue weighted by molar-refractivity contribution is 0.0859. The van der Waals surface area contributed by atoms with Gasteiger partial charge in [-0.05, 0) is 178 Å². The number of benzene rings is 3. The Labute approximate surface area is 495 Å². The molecule has 3 aromatic carbocycles. The van der Waals surface area contributed by atoms with Crippen LogP contribution in [0.1, 0.15) is 158 Å². The molecule has 7 aliphatic heterocycles. The molecule has 8 aliphatic rings. The van der Waals surface area contributed by atoms with Crippen molar-refractivity contribution >= 4 is 17.3 Å². The first kappa shape index (κ1) is 58.0. The minimum Gasteiger partial charge on any atom is -0.391 e. The second-order valence-corrected chi connectivity index (χ2v) is 25.1. The molecule has 17 heteroatoms. The standard InChI is InChI=1S/C24H27N3O2.C23H25N3O2.C21H21F2N3O2/c1-15-20(24(29)14-26-19-9-10-21(26)23(28)11-19)12-22(17-3-2-4-17)27(15)18-7-5-16(13-25)6-8-18;1-14-9-18(15(2)26(14)17-5-3-16(10-24)4-6-17)23(27)11-25-21-7-8-22(25)20-13-28-12-19(20)21;1-11-5-15(21(28)10-25-14-3-4-18(25)20(27)7-14)12(2)26(11)19-8-16(22)13(9-24)6-17(19)23/h5-8,12,17,19,21,23,28H,2-4,9-11,14H2,1H3;3-6,9,19-22H,7-8,11-13H2,1-2H3;5-6,8,14,18,20,27H,3-4,7,10H2,1-2H3/t19?,21?,23-;19-,20+,21?,22?;14?,18?,20-/m0.0/s1. The maximum atomic E-state index is 14.5. The fraction of sp³-hybridized carbons (Fsp3) is 0.471. The number of carbonyl (C=O) groups excluding carboxylic acids is 3. The Balaban J connectivity index is 0.000000125. The molecule has 0 radical (unpaired) electrons. The van der Waals surface area contributed by atoms with E-state index in [-0.39, 0.29) is 65.5 Å². The largest absolute Gasteiger partial charge is 0.391 e. The average molecular weight is 1150 g/mol. The van der Waals surface area contributed by atoms with E-state index in [0.717, 1.165) is 110 Å². The van der Waals surface area contributed by atoms with Crippen molar-refractivity contribution in [2.45, 2.75) is 160 Å². The van der Waals surface area contributed by atoms with E-state index in [9.17, 15) is 33.4 Å². The number of hydrogen-bond donors (Lipinski definition) is 2. The second-order valence-electron chi connectivity index (χ2n) is 25.1. The van der Waals surface area contributed by atoms with Crippen LogP contribution in [-0.4, -0.2) is 137 Å². The average Bonchev–Trinajstić information content (AvgIpc) is 1.90. The van der Waals surface area contributed by atoms with Gasteiger partial charge >= 0.3 is 0 Å². The molecule has 85 heavy (non-hydrogen) atoms. The van der Waals surface area contributed by atoms with Gasteiger partial charge in [0.1, 0.15) is 17.7 Å². The molecule has 2 N–H and O–H groups in total. The lowest BCUT2D eigenvalue weighted by Gasteiger charge is -2.27.